The van der Waals surface area contributed by atoms with Gasteiger partial charge in [-0.05, 0) is 96.1 Å². The fourth-order valence-corrected chi connectivity index (χ4v) is 7.84. The van der Waals surface area contributed by atoms with E-state index in [0.29, 0.717) is 5.69 Å². The van der Waals surface area contributed by atoms with Crippen LogP contribution in [0, 0.1) is 5.82 Å². The van der Waals surface area contributed by atoms with Crippen molar-refractivity contribution in [2.75, 3.05) is 4.90 Å². The molecule has 0 spiro atoms. The number of hydrogen-bond donors (Lipinski definition) is 0. The van der Waals surface area contributed by atoms with E-state index in [1.807, 2.05) is 47.4 Å². The highest BCUT2D eigenvalue weighted by Gasteiger charge is 2.18. The monoisotopic (exact) mass is 669 g/mol. The van der Waals surface area contributed by atoms with Crippen LogP contribution >= 0.6 is 0 Å². The van der Waals surface area contributed by atoms with Gasteiger partial charge in [-0.1, -0.05) is 109 Å². The molecule has 0 aliphatic heterocycles. The van der Waals surface area contributed by atoms with E-state index in [-0.39, 0.29) is 5.82 Å². The Balaban J connectivity index is 1.08. The highest BCUT2D eigenvalue weighted by Crippen LogP contribution is 2.39. The highest BCUT2D eigenvalue weighted by atomic mass is 19.1. The Kier molecular flexibility index (Phi) is 7.00. The van der Waals surface area contributed by atoms with E-state index in [2.05, 4.69) is 149 Å². The second kappa shape index (κ2) is 12.1. The number of nitrogens with zero attached hydrogens (tertiary/aromatic N) is 3. The van der Waals surface area contributed by atoms with Crippen molar-refractivity contribution in [2.45, 2.75) is 0 Å². The standard InChI is InChI=1S/C48H32FN3/c49-43-20-7-11-24-48(43)50(35-13-2-1-3-14-35)36-28-25-33(26-29-36)34-27-30-47-42(31-34)41-19-6-10-23-46(41)52(47)38-16-12-15-37(32-38)51-44-21-8-4-17-39(44)40-18-5-9-22-45(40)51/h1-32H. The van der Waals surface area contributed by atoms with Crippen LogP contribution in [0.4, 0.5) is 21.5 Å². The van der Waals surface area contributed by atoms with Gasteiger partial charge in [-0.3, -0.25) is 0 Å². The van der Waals surface area contributed by atoms with Crippen LogP contribution in [-0.2, 0) is 0 Å². The maximum absolute atomic E-state index is 15.1. The summed E-state index contributed by atoms with van der Waals surface area (Å²) in [5.41, 5.74) is 11.4. The Labute approximate surface area is 300 Å². The number of benzene rings is 8. The van der Waals surface area contributed by atoms with E-state index in [9.17, 15) is 0 Å². The lowest BCUT2D eigenvalue weighted by molar-refractivity contribution is 0.629. The first kappa shape index (κ1) is 30.0. The molecule has 0 unspecified atom stereocenters. The molecule has 0 amide bonds. The molecule has 0 fully saturated rings. The maximum atomic E-state index is 15.1. The van der Waals surface area contributed by atoms with Crippen molar-refractivity contribution in [1.82, 2.24) is 9.13 Å². The van der Waals surface area contributed by atoms with Gasteiger partial charge < -0.3 is 14.0 Å². The molecule has 8 aromatic carbocycles. The third-order valence-corrected chi connectivity index (χ3v) is 10.2. The number of halogens is 1. The topological polar surface area (TPSA) is 13.1 Å². The summed E-state index contributed by atoms with van der Waals surface area (Å²) in [5.74, 6) is -0.266. The third kappa shape index (κ3) is 4.80. The van der Waals surface area contributed by atoms with E-state index < -0.39 is 0 Å². The van der Waals surface area contributed by atoms with Gasteiger partial charge in [-0.2, -0.15) is 0 Å². The van der Waals surface area contributed by atoms with E-state index in [4.69, 9.17) is 0 Å². The summed E-state index contributed by atoms with van der Waals surface area (Å²) in [4.78, 5) is 1.96. The highest BCUT2D eigenvalue weighted by molar-refractivity contribution is 6.11. The summed E-state index contributed by atoms with van der Waals surface area (Å²) in [5, 5.41) is 4.90. The van der Waals surface area contributed by atoms with Crippen LogP contribution in [0.2, 0.25) is 0 Å². The van der Waals surface area contributed by atoms with Crippen molar-refractivity contribution in [3.8, 4) is 22.5 Å². The van der Waals surface area contributed by atoms with Crippen LogP contribution in [0.1, 0.15) is 0 Å². The molecule has 0 aliphatic carbocycles. The first-order valence-corrected chi connectivity index (χ1v) is 17.6. The smallest absolute Gasteiger partial charge is 0.147 e. The van der Waals surface area contributed by atoms with E-state index in [1.165, 1.54) is 38.6 Å². The van der Waals surface area contributed by atoms with Crippen molar-refractivity contribution in [1.29, 1.82) is 0 Å². The summed E-state index contributed by atoms with van der Waals surface area (Å²) in [6, 6.07) is 66.8. The van der Waals surface area contributed by atoms with Gasteiger partial charge in [0.05, 0.1) is 27.8 Å². The Bertz CT molecular complexity index is 2870. The van der Waals surface area contributed by atoms with Crippen molar-refractivity contribution in [3.05, 3.63) is 200 Å². The van der Waals surface area contributed by atoms with Crippen molar-refractivity contribution < 1.29 is 4.39 Å². The molecule has 10 rings (SSSR count). The lowest BCUT2D eigenvalue weighted by Gasteiger charge is -2.26. The minimum atomic E-state index is -0.266. The Morgan fingerprint density at radius 1 is 0.346 bits per heavy atom. The number of hydrogen-bond acceptors (Lipinski definition) is 1. The zero-order chi connectivity index (χ0) is 34.6. The lowest BCUT2D eigenvalue weighted by atomic mass is 10.0. The number of anilines is 3. The van der Waals surface area contributed by atoms with Crippen LogP contribution in [0.25, 0.3) is 66.1 Å². The van der Waals surface area contributed by atoms with E-state index in [0.717, 1.165) is 44.9 Å². The van der Waals surface area contributed by atoms with E-state index in [1.54, 1.807) is 6.07 Å². The van der Waals surface area contributed by atoms with Crippen molar-refractivity contribution in [3.63, 3.8) is 0 Å². The fraction of sp³-hybridized carbons (Fsp3) is 0. The molecule has 0 bridgehead atoms. The maximum Gasteiger partial charge on any atom is 0.147 e. The van der Waals surface area contributed by atoms with Crippen LogP contribution < -0.4 is 4.90 Å². The summed E-state index contributed by atoms with van der Waals surface area (Å²) in [7, 11) is 0. The lowest BCUT2D eigenvalue weighted by Crippen LogP contribution is -2.11. The summed E-state index contributed by atoms with van der Waals surface area (Å²) in [6.45, 7) is 0. The average molecular weight is 670 g/mol. The molecule has 2 aromatic heterocycles. The normalized spacial score (nSPS) is 11.6. The Morgan fingerprint density at radius 3 is 1.44 bits per heavy atom. The second-order valence-corrected chi connectivity index (χ2v) is 13.1. The molecule has 3 nitrogen and oxygen atoms in total. The molecule has 0 N–H and O–H groups in total. The van der Waals surface area contributed by atoms with Gasteiger partial charge >= 0.3 is 0 Å². The van der Waals surface area contributed by atoms with Crippen LogP contribution in [0.15, 0.2) is 194 Å². The van der Waals surface area contributed by atoms with Gasteiger partial charge in [0.25, 0.3) is 0 Å². The number of fused-ring (bicyclic) bond motifs is 6. The van der Waals surface area contributed by atoms with Gasteiger partial charge in [-0.25, -0.2) is 4.39 Å². The van der Waals surface area contributed by atoms with Crippen molar-refractivity contribution >= 4 is 60.7 Å². The summed E-state index contributed by atoms with van der Waals surface area (Å²) >= 11 is 0. The molecule has 0 aliphatic rings. The van der Waals surface area contributed by atoms with Gasteiger partial charge in [0, 0.05) is 44.3 Å². The van der Waals surface area contributed by atoms with Crippen LogP contribution in [0.3, 0.4) is 0 Å². The molecule has 2 heterocycles. The Hall–Kier alpha value is -6.91. The zero-order valence-electron chi connectivity index (χ0n) is 28.2. The molecule has 0 radical (unpaired) electrons. The molecule has 0 saturated carbocycles. The number of aromatic nitrogens is 2. The number of rotatable bonds is 6. The van der Waals surface area contributed by atoms with E-state index >= 15 is 4.39 Å². The fourth-order valence-electron chi connectivity index (χ4n) is 7.84. The predicted molar refractivity (Wildman–Crippen MR) is 215 cm³/mol. The first-order chi connectivity index (χ1) is 25.7. The molecule has 0 atom stereocenters. The molecule has 4 heteroatoms. The Morgan fingerprint density at radius 2 is 0.827 bits per heavy atom. The molecule has 0 saturated heterocycles. The van der Waals surface area contributed by atoms with Crippen LogP contribution in [-0.4, -0.2) is 9.13 Å². The van der Waals surface area contributed by atoms with Gasteiger partial charge in [-0.15, -0.1) is 0 Å². The average Bonchev–Trinajstić information content (AvgIpc) is 3.72. The van der Waals surface area contributed by atoms with Gasteiger partial charge in [0.1, 0.15) is 5.82 Å². The second-order valence-electron chi connectivity index (χ2n) is 13.1. The molecule has 52 heavy (non-hydrogen) atoms. The van der Waals surface area contributed by atoms with Crippen molar-refractivity contribution in [2.24, 2.45) is 0 Å². The minimum Gasteiger partial charge on any atom is -0.309 e. The minimum absolute atomic E-state index is 0.266. The molecular formula is C48H32FN3. The number of para-hydroxylation sites is 5. The van der Waals surface area contributed by atoms with Gasteiger partial charge in [0.2, 0.25) is 0 Å². The SMILES string of the molecule is Fc1ccccc1N(c1ccccc1)c1ccc(-c2ccc3c(c2)c2ccccc2n3-c2cccc(-n3c4ccccc4c4ccccc43)c2)cc1. The zero-order valence-corrected chi connectivity index (χ0v) is 28.2. The van der Waals surface area contributed by atoms with Crippen LogP contribution in [0.5, 0.6) is 0 Å². The quantitative estimate of drug-likeness (QED) is 0.172. The third-order valence-electron chi connectivity index (χ3n) is 10.2. The predicted octanol–water partition coefficient (Wildman–Crippen LogP) is 13.2. The van der Waals surface area contributed by atoms with Gasteiger partial charge in [0.15, 0.2) is 0 Å². The summed E-state index contributed by atoms with van der Waals surface area (Å²) < 4.78 is 19.9. The molecule has 246 valence electrons. The first-order valence-electron chi connectivity index (χ1n) is 17.6. The largest absolute Gasteiger partial charge is 0.309 e. The molecular weight excluding hydrogens is 638 g/mol. The summed E-state index contributed by atoms with van der Waals surface area (Å²) in [6.07, 6.45) is 0. The molecule has 10 aromatic rings.